The van der Waals surface area contributed by atoms with Gasteiger partial charge < -0.3 is 10.5 Å². The van der Waals surface area contributed by atoms with E-state index in [1.54, 1.807) is 11.3 Å². The van der Waals surface area contributed by atoms with E-state index in [4.69, 9.17) is 10.5 Å². The van der Waals surface area contributed by atoms with Gasteiger partial charge in [0.25, 0.3) is 0 Å². The maximum absolute atomic E-state index is 5.78. The second-order valence-corrected chi connectivity index (χ2v) is 5.66. The van der Waals surface area contributed by atoms with Crippen LogP contribution in [0.25, 0.3) is 0 Å². The quantitative estimate of drug-likeness (QED) is 0.852. The Hall–Kier alpha value is -1.46. The summed E-state index contributed by atoms with van der Waals surface area (Å²) >= 11 is 1.67. The molecule has 0 radical (unpaired) electrons. The summed E-state index contributed by atoms with van der Waals surface area (Å²) in [6, 6.07) is 3.99. The van der Waals surface area contributed by atoms with Crippen LogP contribution in [0.3, 0.4) is 0 Å². The van der Waals surface area contributed by atoms with Crippen LogP contribution in [0, 0.1) is 6.92 Å². The Kier molecular flexibility index (Phi) is 5.49. The number of ether oxygens (including phenoxy) is 1. The Morgan fingerprint density at radius 3 is 2.80 bits per heavy atom. The van der Waals surface area contributed by atoms with Crippen molar-refractivity contribution >= 4 is 11.3 Å². The van der Waals surface area contributed by atoms with Gasteiger partial charge in [-0.1, -0.05) is 13.3 Å². The number of hydrogen-bond acceptors (Lipinski definition) is 5. The number of pyridine rings is 1. The third kappa shape index (κ3) is 4.02. The lowest BCUT2D eigenvalue weighted by atomic mass is 10.1. The molecule has 0 aromatic carbocycles. The summed E-state index contributed by atoms with van der Waals surface area (Å²) in [5.74, 6) is 0.679. The fourth-order valence-corrected chi connectivity index (χ4v) is 2.77. The molecule has 2 rings (SSSR count). The maximum Gasteiger partial charge on any atom is 0.213 e. The van der Waals surface area contributed by atoms with E-state index in [0.29, 0.717) is 19.0 Å². The molecule has 0 bridgehead atoms. The highest BCUT2D eigenvalue weighted by atomic mass is 32.1. The fraction of sp³-hybridized carbons (Fsp3) is 0.467. The van der Waals surface area contributed by atoms with Gasteiger partial charge in [0.15, 0.2) is 0 Å². The second kappa shape index (κ2) is 7.36. The van der Waals surface area contributed by atoms with Crippen molar-refractivity contribution in [3.05, 3.63) is 39.5 Å². The summed E-state index contributed by atoms with van der Waals surface area (Å²) in [5, 5.41) is 0. The Labute approximate surface area is 124 Å². The first-order chi connectivity index (χ1) is 9.72. The van der Waals surface area contributed by atoms with Crippen LogP contribution < -0.4 is 10.5 Å². The minimum absolute atomic E-state index is 0.517. The van der Waals surface area contributed by atoms with Gasteiger partial charge in [-0.3, -0.25) is 0 Å². The monoisotopic (exact) mass is 291 g/mol. The molecule has 0 saturated heterocycles. The van der Waals surface area contributed by atoms with E-state index in [1.807, 2.05) is 18.5 Å². The van der Waals surface area contributed by atoms with Crippen molar-refractivity contribution in [1.82, 2.24) is 9.97 Å². The molecule has 0 atom stereocenters. The second-order valence-electron chi connectivity index (χ2n) is 4.72. The van der Waals surface area contributed by atoms with Crippen LogP contribution in [0.1, 0.15) is 35.2 Å². The standard InChI is InChI=1S/C15H21N3OS/c1-3-4-13-7-12(9-16)8-15(18-13)19-6-5-14-11(2)17-10-20-14/h7-8,10H,3-6,9,16H2,1-2H3. The molecule has 0 spiro atoms. The van der Waals surface area contributed by atoms with Gasteiger partial charge >= 0.3 is 0 Å². The van der Waals surface area contributed by atoms with E-state index < -0.39 is 0 Å². The molecule has 0 saturated carbocycles. The molecule has 20 heavy (non-hydrogen) atoms. The highest BCUT2D eigenvalue weighted by Gasteiger charge is 2.05. The summed E-state index contributed by atoms with van der Waals surface area (Å²) in [7, 11) is 0. The van der Waals surface area contributed by atoms with Gasteiger partial charge in [0.05, 0.1) is 17.8 Å². The SMILES string of the molecule is CCCc1cc(CN)cc(OCCc2scnc2C)n1. The molecule has 0 aliphatic heterocycles. The number of hydrogen-bond donors (Lipinski definition) is 1. The minimum Gasteiger partial charge on any atom is -0.477 e. The molecule has 0 fully saturated rings. The first kappa shape index (κ1) is 14.9. The average Bonchev–Trinajstić information content (AvgIpc) is 2.84. The highest BCUT2D eigenvalue weighted by Crippen LogP contribution is 2.16. The van der Waals surface area contributed by atoms with E-state index >= 15 is 0 Å². The van der Waals surface area contributed by atoms with Crippen molar-refractivity contribution in [2.24, 2.45) is 5.73 Å². The van der Waals surface area contributed by atoms with Gasteiger partial charge in [-0.15, -0.1) is 11.3 Å². The topological polar surface area (TPSA) is 61.0 Å². The maximum atomic E-state index is 5.78. The molecule has 0 aliphatic carbocycles. The number of aromatic nitrogens is 2. The van der Waals surface area contributed by atoms with Crippen LogP contribution in [0.2, 0.25) is 0 Å². The molecule has 2 aromatic rings. The zero-order valence-electron chi connectivity index (χ0n) is 12.1. The van der Waals surface area contributed by atoms with Crippen LogP contribution >= 0.6 is 11.3 Å². The van der Waals surface area contributed by atoms with E-state index in [1.165, 1.54) is 4.88 Å². The Bertz CT molecular complexity index is 554. The van der Waals surface area contributed by atoms with E-state index in [9.17, 15) is 0 Å². The number of thiazole rings is 1. The first-order valence-corrected chi connectivity index (χ1v) is 7.82. The summed E-state index contributed by atoms with van der Waals surface area (Å²) in [4.78, 5) is 10.0. The van der Waals surface area contributed by atoms with E-state index in [0.717, 1.165) is 36.2 Å². The van der Waals surface area contributed by atoms with Crippen LogP contribution in [-0.4, -0.2) is 16.6 Å². The predicted molar refractivity (Wildman–Crippen MR) is 82.2 cm³/mol. The molecule has 2 N–H and O–H groups in total. The summed E-state index contributed by atoms with van der Waals surface area (Å²) in [6.45, 7) is 5.31. The van der Waals surface area contributed by atoms with Crippen LogP contribution in [0.4, 0.5) is 0 Å². The van der Waals surface area contributed by atoms with Crippen molar-refractivity contribution in [1.29, 1.82) is 0 Å². The smallest absolute Gasteiger partial charge is 0.213 e. The van der Waals surface area contributed by atoms with Gasteiger partial charge in [-0.05, 0) is 25.0 Å². The Morgan fingerprint density at radius 1 is 1.30 bits per heavy atom. The van der Waals surface area contributed by atoms with Gasteiger partial charge in [0, 0.05) is 29.6 Å². The van der Waals surface area contributed by atoms with Gasteiger partial charge in [0.2, 0.25) is 5.88 Å². The van der Waals surface area contributed by atoms with Gasteiger partial charge in [0.1, 0.15) is 0 Å². The summed E-state index contributed by atoms with van der Waals surface area (Å²) in [5.41, 5.74) is 10.8. The lowest BCUT2D eigenvalue weighted by Crippen LogP contribution is -2.06. The normalized spacial score (nSPS) is 10.8. The number of aryl methyl sites for hydroxylation is 2. The summed E-state index contributed by atoms with van der Waals surface area (Å²) in [6.07, 6.45) is 2.90. The zero-order valence-corrected chi connectivity index (χ0v) is 12.9. The van der Waals surface area contributed by atoms with Crippen molar-refractivity contribution < 1.29 is 4.74 Å². The molecule has 0 amide bonds. The molecule has 4 nitrogen and oxygen atoms in total. The zero-order chi connectivity index (χ0) is 14.4. The van der Waals surface area contributed by atoms with Crippen molar-refractivity contribution in [3.63, 3.8) is 0 Å². The Morgan fingerprint density at radius 2 is 2.15 bits per heavy atom. The van der Waals surface area contributed by atoms with Crippen LogP contribution in [0.15, 0.2) is 17.6 Å². The predicted octanol–water partition coefficient (Wildman–Crippen LogP) is 2.88. The average molecular weight is 291 g/mol. The molecule has 0 aliphatic rings. The fourth-order valence-electron chi connectivity index (χ4n) is 2.01. The molecule has 108 valence electrons. The number of rotatable bonds is 7. The third-order valence-corrected chi connectivity index (χ3v) is 4.08. The minimum atomic E-state index is 0.517. The molecule has 2 aromatic heterocycles. The molecular weight excluding hydrogens is 270 g/mol. The van der Waals surface area contributed by atoms with Crippen LogP contribution in [-0.2, 0) is 19.4 Å². The largest absolute Gasteiger partial charge is 0.477 e. The van der Waals surface area contributed by atoms with Crippen molar-refractivity contribution in [2.75, 3.05) is 6.61 Å². The lowest BCUT2D eigenvalue weighted by molar-refractivity contribution is 0.309. The van der Waals surface area contributed by atoms with E-state index in [-0.39, 0.29) is 0 Å². The van der Waals surface area contributed by atoms with Crippen molar-refractivity contribution in [2.45, 2.75) is 39.7 Å². The molecule has 0 unspecified atom stereocenters. The molecular formula is C15H21N3OS. The Balaban J connectivity index is 1.97. The van der Waals surface area contributed by atoms with Gasteiger partial charge in [-0.2, -0.15) is 0 Å². The highest BCUT2D eigenvalue weighted by molar-refractivity contribution is 7.09. The van der Waals surface area contributed by atoms with Crippen LogP contribution in [0.5, 0.6) is 5.88 Å². The number of nitrogens with two attached hydrogens (primary N) is 1. The lowest BCUT2D eigenvalue weighted by Gasteiger charge is -2.09. The third-order valence-electron chi connectivity index (χ3n) is 3.08. The summed E-state index contributed by atoms with van der Waals surface area (Å²) < 4.78 is 5.78. The van der Waals surface area contributed by atoms with Gasteiger partial charge in [-0.25, -0.2) is 9.97 Å². The van der Waals surface area contributed by atoms with Crippen molar-refractivity contribution in [3.8, 4) is 5.88 Å². The molecule has 5 heteroatoms. The number of nitrogens with zero attached hydrogens (tertiary/aromatic N) is 2. The van der Waals surface area contributed by atoms with E-state index in [2.05, 4.69) is 23.0 Å². The molecule has 2 heterocycles. The first-order valence-electron chi connectivity index (χ1n) is 6.94.